The second-order valence-corrected chi connectivity index (χ2v) is 5.56. The Hall–Kier alpha value is -2.15. The number of ether oxygens (including phenoxy) is 2. The summed E-state index contributed by atoms with van der Waals surface area (Å²) in [7, 11) is 0. The van der Waals surface area contributed by atoms with Crippen LogP contribution in [0.1, 0.15) is 13.3 Å². The van der Waals surface area contributed by atoms with Crippen LogP contribution in [0, 0.1) is 11.7 Å². The van der Waals surface area contributed by atoms with E-state index in [1.165, 1.54) is 17.0 Å². The molecule has 1 N–H and O–H groups in total. The molecule has 1 heterocycles. The zero-order valence-corrected chi connectivity index (χ0v) is 13.8. The number of carbonyl (C=O) groups excluding carboxylic acids is 2. The van der Waals surface area contributed by atoms with Gasteiger partial charge in [-0.3, -0.25) is 9.59 Å². The lowest BCUT2D eigenvalue weighted by atomic mass is 9.99. The second-order valence-electron chi connectivity index (χ2n) is 5.56. The van der Waals surface area contributed by atoms with Crippen molar-refractivity contribution in [2.24, 2.45) is 5.92 Å². The highest BCUT2D eigenvalue weighted by molar-refractivity contribution is 5.85. The molecule has 6 nitrogen and oxygen atoms in total. The van der Waals surface area contributed by atoms with Crippen LogP contribution in [0.25, 0.3) is 0 Å². The van der Waals surface area contributed by atoms with Crippen LogP contribution in [-0.2, 0) is 14.3 Å². The summed E-state index contributed by atoms with van der Waals surface area (Å²) in [5.41, 5.74) is 0. The molecule has 0 radical (unpaired) electrons. The molecule has 7 heteroatoms. The van der Waals surface area contributed by atoms with Crippen LogP contribution in [0.2, 0.25) is 0 Å². The first-order valence-corrected chi connectivity index (χ1v) is 8.12. The first-order chi connectivity index (χ1) is 11.6. The number of rotatable bonds is 9. The van der Waals surface area contributed by atoms with E-state index in [9.17, 15) is 14.0 Å². The molecule has 0 aliphatic carbocycles. The number of amides is 2. The van der Waals surface area contributed by atoms with Gasteiger partial charge >= 0.3 is 0 Å². The van der Waals surface area contributed by atoms with Crippen LogP contribution >= 0.6 is 0 Å². The number of benzene rings is 1. The van der Waals surface area contributed by atoms with Crippen molar-refractivity contribution in [3.8, 4) is 5.75 Å². The molecule has 1 saturated heterocycles. The van der Waals surface area contributed by atoms with Gasteiger partial charge in [0.1, 0.15) is 0 Å². The predicted octanol–water partition coefficient (Wildman–Crippen LogP) is 1.21. The summed E-state index contributed by atoms with van der Waals surface area (Å²) in [5.74, 6) is -0.938. The largest absolute Gasteiger partial charge is 0.481 e. The number of para-hydroxylation sites is 1. The van der Waals surface area contributed by atoms with Crippen molar-refractivity contribution < 1.29 is 23.5 Å². The molecular weight excluding hydrogens is 315 g/mol. The zero-order chi connectivity index (χ0) is 17.4. The van der Waals surface area contributed by atoms with E-state index in [0.29, 0.717) is 32.8 Å². The average molecular weight is 338 g/mol. The number of carbonyl (C=O) groups is 2. The van der Waals surface area contributed by atoms with Crippen LogP contribution in [-0.4, -0.2) is 56.2 Å². The molecular formula is C17H23FN2O4. The molecule has 24 heavy (non-hydrogen) atoms. The molecule has 0 unspecified atom stereocenters. The minimum absolute atomic E-state index is 0.0504. The van der Waals surface area contributed by atoms with Crippen LogP contribution < -0.4 is 10.1 Å². The molecule has 0 aromatic heterocycles. The van der Waals surface area contributed by atoms with E-state index < -0.39 is 5.82 Å². The summed E-state index contributed by atoms with van der Waals surface area (Å²) in [6.07, 6.45) is 0.769. The third kappa shape index (κ3) is 5.19. The van der Waals surface area contributed by atoms with Crippen LogP contribution in [0.3, 0.4) is 0 Å². The normalized spacial score (nSPS) is 14.2. The van der Waals surface area contributed by atoms with Crippen molar-refractivity contribution in [1.82, 2.24) is 10.2 Å². The number of nitrogens with zero attached hydrogens (tertiary/aromatic N) is 1. The van der Waals surface area contributed by atoms with Crippen LogP contribution in [0.5, 0.6) is 5.75 Å². The molecule has 0 bridgehead atoms. The van der Waals surface area contributed by atoms with E-state index in [4.69, 9.17) is 9.47 Å². The Morgan fingerprint density at radius 1 is 1.33 bits per heavy atom. The van der Waals surface area contributed by atoms with Crippen molar-refractivity contribution in [2.45, 2.75) is 13.3 Å². The lowest BCUT2D eigenvalue weighted by Crippen LogP contribution is -2.56. The summed E-state index contributed by atoms with van der Waals surface area (Å²) in [4.78, 5) is 25.4. The van der Waals surface area contributed by atoms with Crippen molar-refractivity contribution in [1.29, 1.82) is 0 Å². The molecule has 0 atom stereocenters. The molecule has 0 spiro atoms. The topological polar surface area (TPSA) is 67.9 Å². The Morgan fingerprint density at radius 2 is 2.08 bits per heavy atom. The van der Waals surface area contributed by atoms with Gasteiger partial charge in [-0.15, -0.1) is 0 Å². The minimum Gasteiger partial charge on any atom is -0.481 e. The van der Waals surface area contributed by atoms with Gasteiger partial charge in [0.15, 0.2) is 18.2 Å². The summed E-state index contributed by atoms with van der Waals surface area (Å²) in [5, 5.41) is 2.83. The lowest BCUT2D eigenvalue weighted by molar-refractivity contribution is -0.144. The van der Waals surface area contributed by atoms with Gasteiger partial charge in [-0.05, 0) is 25.5 Å². The number of likely N-dealkylation sites (tertiary alicyclic amines) is 1. The average Bonchev–Trinajstić information content (AvgIpc) is 2.52. The van der Waals surface area contributed by atoms with Gasteiger partial charge in [0.05, 0.1) is 5.92 Å². The number of hydrogen-bond donors (Lipinski definition) is 1. The molecule has 1 aromatic carbocycles. The van der Waals surface area contributed by atoms with Gasteiger partial charge < -0.3 is 19.7 Å². The van der Waals surface area contributed by atoms with Crippen molar-refractivity contribution in [2.75, 3.05) is 39.5 Å². The van der Waals surface area contributed by atoms with Crippen LogP contribution in [0.4, 0.5) is 4.39 Å². The molecule has 2 amide bonds. The fourth-order valence-corrected chi connectivity index (χ4v) is 2.32. The molecule has 132 valence electrons. The molecule has 1 aliphatic rings. The highest BCUT2D eigenvalue weighted by Crippen LogP contribution is 2.18. The first kappa shape index (κ1) is 18.2. The maximum Gasteiger partial charge on any atom is 0.260 e. The van der Waals surface area contributed by atoms with Crippen molar-refractivity contribution in [3.05, 3.63) is 30.1 Å². The summed E-state index contributed by atoms with van der Waals surface area (Å²) in [6, 6.07) is 5.93. The summed E-state index contributed by atoms with van der Waals surface area (Å²) >= 11 is 0. The monoisotopic (exact) mass is 338 g/mol. The van der Waals surface area contributed by atoms with E-state index in [-0.39, 0.29) is 30.1 Å². The highest BCUT2D eigenvalue weighted by Gasteiger charge is 2.35. The maximum absolute atomic E-state index is 13.4. The SMILES string of the molecule is CCOCCCNC(=O)C1CN(C(=O)COc2ccccc2F)C1. The van der Waals surface area contributed by atoms with Gasteiger partial charge in [-0.25, -0.2) is 4.39 Å². The van der Waals surface area contributed by atoms with Crippen LogP contribution in [0.15, 0.2) is 24.3 Å². The zero-order valence-electron chi connectivity index (χ0n) is 13.8. The Morgan fingerprint density at radius 3 is 2.79 bits per heavy atom. The maximum atomic E-state index is 13.4. The Balaban J connectivity index is 1.62. The number of halogens is 1. The highest BCUT2D eigenvalue weighted by atomic mass is 19.1. The number of hydrogen-bond acceptors (Lipinski definition) is 4. The van der Waals surface area contributed by atoms with Gasteiger partial charge in [-0.1, -0.05) is 12.1 Å². The molecule has 1 aromatic rings. The summed E-state index contributed by atoms with van der Waals surface area (Å²) in [6.45, 7) is 4.30. The van der Waals surface area contributed by atoms with E-state index in [1.807, 2.05) is 6.92 Å². The van der Waals surface area contributed by atoms with Gasteiger partial charge in [0, 0.05) is 32.8 Å². The number of nitrogens with one attached hydrogen (secondary N) is 1. The van der Waals surface area contributed by atoms with E-state index in [0.717, 1.165) is 6.42 Å². The molecule has 2 rings (SSSR count). The van der Waals surface area contributed by atoms with Gasteiger partial charge in [0.2, 0.25) is 5.91 Å². The Bertz CT molecular complexity index is 561. The predicted molar refractivity (Wildman–Crippen MR) is 86.1 cm³/mol. The fraction of sp³-hybridized carbons (Fsp3) is 0.529. The molecule has 1 fully saturated rings. The first-order valence-electron chi connectivity index (χ1n) is 8.12. The minimum atomic E-state index is -0.502. The van der Waals surface area contributed by atoms with E-state index in [2.05, 4.69) is 5.32 Å². The van der Waals surface area contributed by atoms with E-state index in [1.54, 1.807) is 12.1 Å². The Kier molecular flexibility index (Phi) is 6.99. The van der Waals surface area contributed by atoms with Crippen molar-refractivity contribution in [3.63, 3.8) is 0 Å². The summed E-state index contributed by atoms with van der Waals surface area (Å²) < 4.78 is 23.8. The fourth-order valence-electron chi connectivity index (χ4n) is 2.32. The van der Waals surface area contributed by atoms with E-state index >= 15 is 0 Å². The standard InChI is InChI=1S/C17H23FN2O4/c1-2-23-9-5-8-19-17(22)13-10-20(11-13)16(21)12-24-15-7-4-3-6-14(15)18/h3-4,6-7,13H,2,5,8-12H2,1H3,(H,19,22). The van der Waals surface area contributed by atoms with Gasteiger partial charge in [0.25, 0.3) is 5.91 Å². The Labute approximate surface area is 140 Å². The quantitative estimate of drug-likeness (QED) is 0.687. The third-order valence-corrected chi connectivity index (χ3v) is 3.76. The van der Waals surface area contributed by atoms with Gasteiger partial charge in [-0.2, -0.15) is 0 Å². The molecule has 0 saturated carbocycles. The molecule has 1 aliphatic heterocycles. The smallest absolute Gasteiger partial charge is 0.260 e. The van der Waals surface area contributed by atoms with Crippen molar-refractivity contribution >= 4 is 11.8 Å². The third-order valence-electron chi connectivity index (χ3n) is 3.76. The lowest BCUT2D eigenvalue weighted by Gasteiger charge is -2.38. The second kappa shape index (κ2) is 9.22.